The molecule has 1 aliphatic carbocycles. The highest BCUT2D eigenvalue weighted by molar-refractivity contribution is 14.1. The summed E-state index contributed by atoms with van der Waals surface area (Å²) in [5, 5.41) is 5.22. The third-order valence-corrected chi connectivity index (χ3v) is 7.11. The molecule has 1 aromatic heterocycles. The minimum Gasteiger partial charge on any atom is -0.490 e. The minimum atomic E-state index is -0.150. The van der Waals surface area contributed by atoms with Gasteiger partial charge in [0.2, 0.25) is 0 Å². The molecular weight excluding hydrogens is 609 g/mol. The van der Waals surface area contributed by atoms with Crippen LogP contribution in [0.15, 0.2) is 44.7 Å². The quantitative estimate of drug-likeness (QED) is 0.209. The molecule has 1 heterocycles. The SMILES string of the molecule is CCOc1cc(C=Nn2c(C3CCCCC3)nc3ccc(Br)cc3c2=O)cc(I)c1OC(C)C. The summed E-state index contributed by atoms with van der Waals surface area (Å²) < 4.78 is 15.1. The smallest absolute Gasteiger partial charge is 0.282 e. The van der Waals surface area contributed by atoms with Crippen molar-refractivity contribution in [2.24, 2.45) is 5.10 Å². The molecule has 0 unspecified atom stereocenters. The maximum atomic E-state index is 13.5. The molecular formula is C26H29BrIN3O3. The van der Waals surface area contributed by atoms with E-state index in [1.165, 1.54) is 11.1 Å². The van der Waals surface area contributed by atoms with Gasteiger partial charge in [0.05, 0.1) is 33.4 Å². The van der Waals surface area contributed by atoms with E-state index in [1.54, 1.807) is 6.21 Å². The Morgan fingerprint density at radius 3 is 2.71 bits per heavy atom. The van der Waals surface area contributed by atoms with Gasteiger partial charge in [-0.3, -0.25) is 4.79 Å². The van der Waals surface area contributed by atoms with Gasteiger partial charge in [-0.25, -0.2) is 4.98 Å². The summed E-state index contributed by atoms with van der Waals surface area (Å²) in [6.45, 7) is 6.46. The molecule has 34 heavy (non-hydrogen) atoms. The molecule has 1 aliphatic rings. The average molecular weight is 638 g/mol. The molecule has 0 atom stereocenters. The zero-order valence-electron chi connectivity index (χ0n) is 19.7. The fourth-order valence-electron chi connectivity index (χ4n) is 4.30. The summed E-state index contributed by atoms with van der Waals surface area (Å²) in [7, 11) is 0. The van der Waals surface area contributed by atoms with Crippen molar-refractivity contribution in [2.75, 3.05) is 6.61 Å². The van der Waals surface area contributed by atoms with Crippen LogP contribution in [0.4, 0.5) is 0 Å². The zero-order valence-corrected chi connectivity index (χ0v) is 23.4. The Balaban J connectivity index is 1.81. The van der Waals surface area contributed by atoms with Crippen LogP contribution in [0.25, 0.3) is 10.9 Å². The normalized spacial score (nSPS) is 14.9. The van der Waals surface area contributed by atoms with Gasteiger partial charge in [0.25, 0.3) is 5.56 Å². The summed E-state index contributed by atoms with van der Waals surface area (Å²) in [6, 6.07) is 9.52. The minimum absolute atomic E-state index is 0.0341. The molecule has 8 heteroatoms. The second-order valence-electron chi connectivity index (χ2n) is 8.76. The largest absolute Gasteiger partial charge is 0.490 e. The Kier molecular flexibility index (Phi) is 8.29. The van der Waals surface area contributed by atoms with Gasteiger partial charge in [0.15, 0.2) is 11.5 Å². The van der Waals surface area contributed by atoms with Crippen LogP contribution in [0, 0.1) is 3.57 Å². The second-order valence-corrected chi connectivity index (χ2v) is 10.8. The molecule has 0 spiro atoms. The monoisotopic (exact) mass is 637 g/mol. The first-order chi connectivity index (χ1) is 16.4. The lowest BCUT2D eigenvalue weighted by Gasteiger charge is -2.22. The summed E-state index contributed by atoms with van der Waals surface area (Å²) in [5.74, 6) is 2.37. The van der Waals surface area contributed by atoms with Gasteiger partial charge in [0.1, 0.15) is 5.82 Å². The third kappa shape index (κ3) is 5.64. The van der Waals surface area contributed by atoms with Crippen molar-refractivity contribution in [3.05, 3.63) is 60.1 Å². The first-order valence-electron chi connectivity index (χ1n) is 11.8. The van der Waals surface area contributed by atoms with Crippen molar-refractivity contribution in [3.63, 3.8) is 0 Å². The van der Waals surface area contributed by atoms with Crippen molar-refractivity contribution < 1.29 is 9.47 Å². The van der Waals surface area contributed by atoms with E-state index in [-0.39, 0.29) is 17.6 Å². The predicted molar refractivity (Wildman–Crippen MR) is 149 cm³/mol. The second kappa shape index (κ2) is 11.2. The molecule has 0 saturated heterocycles. The van der Waals surface area contributed by atoms with Crippen LogP contribution in [-0.4, -0.2) is 28.6 Å². The highest BCUT2D eigenvalue weighted by Gasteiger charge is 2.22. The molecule has 0 N–H and O–H groups in total. The van der Waals surface area contributed by atoms with E-state index in [0.29, 0.717) is 23.3 Å². The van der Waals surface area contributed by atoms with E-state index < -0.39 is 0 Å². The fraction of sp³-hybridized carbons (Fsp3) is 0.423. The molecule has 6 nitrogen and oxygen atoms in total. The number of hydrogen-bond donors (Lipinski definition) is 0. The lowest BCUT2D eigenvalue weighted by atomic mass is 9.88. The molecule has 4 rings (SSSR count). The standard InChI is InChI=1S/C26H29BrIN3O3/c1-4-33-23-13-17(12-21(28)24(23)34-16(2)3)15-29-31-25(18-8-6-5-7-9-18)30-22-11-10-19(27)14-20(22)26(31)32/h10-16,18H,4-9H2,1-3H3. The van der Waals surface area contributed by atoms with Gasteiger partial charge < -0.3 is 9.47 Å². The van der Waals surface area contributed by atoms with Crippen molar-refractivity contribution in [3.8, 4) is 11.5 Å². The summed E-state index contributed by atoms with van der Waals surface area (Å²) in [6.07, 6.45) is 7.32. The van der Waals surface area contributed by atoms with Crippen molar-refractivity contribution in [2.45, 2.75) is 64.9 Å². The van der Waals surface area contributed by atoms with Crippen LogP contribution in [0.3, 0.4) is 0 Å². The topological polar surface area (TPSA) is 65.7 Å². The van der Waals surface area contributed by atoms with Crippen molar-refractivity contribution in [1.82, 2.24) is 9.66 Å². The lowest BCUT2D eigenvalue weighted by Crippen LogP contribution is -2.25. The van der Waals surface area contributed by atoms with Gasteiger partial charge >= 0.3 is 0 Å². The number of ether oxygens (including phenoxy) is 2. The number of fused-ring (bicyclic) bond motifs is 1. The van der Waals surface area contributed by atoms with E-state index in [0.717, 1.165) is 50.9 Å². The third-order valence-electron chi connectivity index (χ3n) is 5.81. The number of nitrogens with zero attached hydrogens (tertiary/aromatic N) is 3. The molecule has 1 saturated carbocycles. The highest BCUT2D eigenvalue weighted by Crippen LogP contribution is 2.35. The zero-order chi connectivity index (χ0) is 24.2. The first kappa shape index (κ1) is 25.2. The summed E-state index contributed by atoms with van der Waals surface area (Å²) in [4.78, 5) is 18.4. The number of rotatable bonds is 7. The fourth-order valence-corrected chi connectivity index (χ4v) is 5.42. The summed E-state index contributed by atoms with van der Waals surface area (Å²) >= 11 is 5.73. The molecule has 2 aromatic carbocycles. The summed E-state index contributed by atoms with van der Waals surface area (Å²) in [5.41, 5.74) is 1.39. The number of hydrogen-bond acceptors (Lipinski definition) is 5. The van der Waals surface area contributed by atoms with Crippen LogP contribution in [-0.2, 0) is 0 Å². The molecule has 0 bridgehead atoms. The molecule has 1 fully saturated rings. The molecule has 0 radical (unpaired) electrons. The molecule has 180 valence electrons. The van der Waals surface area contributed by atoms with Crippen molar-refractivity contribution >= 4 is 55.6 Å². The predicted octanol–water partition coefficient (Wildman–Crippen LogP) is 6.88. The number of halogens is 2. The average Bonchev–Trinajstić information content (AvgIpc) is 2.81. The first-order valence-corrected chi connectivity index (χ1v) is 13.6. The van der Waals surface area contributed by atoms with Gasteiger partial charge in [-0.05, 0) is 92.1 Å². The van der Waals surface area contributed by atoms with Gasteiger partial charge in [-0.15, -0.1) is 0 Å². The van der Waals surface area contributed by atoms with Crippen molar-refractivity contribution in [1.29, 1.82) is 0 Å². The van der Waals surface area contributed by atoms with Gasteiger partial charge in [-0.1, -0.05) is 35.2 Å². The number of benzene rings is 2. The number of aromatic nitrogens is 2. The van der Waals surface area contributed by atoms with E-state index in [9.17, 15) is 4.79 Å². The maximum absolute atomic E-state index is 13.5. The van der Waals surface area contributed by atoms with E-state index in [4.69, 9.17) is 14.5 Å². The van der Waals surface area contributed by atoms with Crippen LogP contribution >= 0.6 is 38.5 Å². The maximum Gasteiger partial charge on any atom is 0.282 e. The van der Waals surface area contributed by atoms with Crippen LogP contribution < -0.4 is 15.0 Å². The lowest BCUT2D eigenvalue weighted by molar-refractivity contribution is 0.222. The molecule has 0 amide bonds. The van der Waals surface area contributed by atoms with E-state index in [2.05, 4.69) is 43.6 Å². The van der Waals surface area contributed by atoms with E-state index in [1.807, 2.05) is 51.1 Å². The Bertz CT molecular complexity index is 1270. The van der Waals surface area contributed by atoms with E-state index >= 15 is 0 Å². The Labute approximate surface area is 222 Å². The molecule has 3 aromatic rings. The Morgan fingerprint density at radius 2 is 2.00 bits per heavy atom. The Morgan fingerprint density at radius 1 is 1.24 bits per heavy atom. The van der Waals surface area contributed by atoms with Gasteiger partial charge in [0, 0.05) is 10.4 Å². The van der Waals surface area contributed by atoms with Crippen LogP contribution in [0.2, 0.25) is 0 Å². The highest BCUT2D eigenvalue weighted by atomic mass is 127. The Hall–Kier alpha value is -1.94. The van der Waals surface area contributed by atoms with Crippen LogP contribution in [0.1, 0.15) is 70.2 Å². The molecule has 0 aliphatic heterocycles. The van der Waals surface area contributed by atoms with Gasteiger partial charge in [-0.2, -0.15) is 9.78 Å². The van der Waals surface area contributed by atoms with Crippen LogP contribution in [0.5, 0.6) is 11.5 Å².